The van der Waals surface area contributed by atoms with Crippen molar-refractivity contribution in [3.8, 4) is 0 Å². The van der Waals surface area contributed by atoms with Gasteiger partial charge in [-0.2, -0.15) is 0 Å². The van der Waals surface area contributed by atoms with E-state index in [2.05, 4.69) is 55.8 Å². The van der Waals surface area contributed by atoms with Crippen LogP contribution in [0.4, 0.5) is 0 Å². The minimum atomic E-state index is -0.409. The molecule has 0 N–H and O–H groups in total. The van der Waals surface area contributed by atoms with Crippen molar-refractivity contribution in [2.75, 3.05) is 0 Å². The highest BCUT2D eigenvalue weighted by molar-refractivity contribution is 9.10. The van der Waals surface area contributed by atoms with Crippen molar-refractivity contribution in [2.45, 2.75) is 103 Å². The molecule has 1 saturated heterocycles. The summed E-state index contributed by atoms with van der Waals surface area (Å²) in [6.07, 6.45) is 3.17. The van der Waals surface area contributed by atoms with Gasteiger partial charge in [-0.3, -0.25) is 9.59 Å². The lowest BCUT2D eigenvalue weighted by Crippen LogP contribution is -2.41. The van der Waals surface area contributed by atoms with E-state index in [-0.39, 0.29) is 33.6 Å². The molecule has 36 heavy (non-hydrogen) atoms. The summed E-state index contributed by atoms with van der Waals surface area (Å²) in [5.74, 6) is 0.508. The third kappa shape index (κ3) is 5.01. The lowest BCUT2D eigenvalue weighted by molar-refractivity contribution is 0.00578. The number of benzene rings is 2. The molecule has 0 bridgehead atoms. The Morgan fingerprint density at radius 1 is 0.694 bits per heavy atom. The van der Waals surface area contributed by atoms with Gasteiger partial charge >= 0.3 is 7.12 Å². The van der Waals surface area contributed by atoms with Crippen LogP contribution in [-0.2, 0) is 20.1 Å². The second kappa shape index (κ2) is 9.22. The van der Waals surface area contributed by atoms with E-state index in [1.54, 1.807) is 0 Å². The zero-order valence-electron chi connectivity index (χ0n) is 22.9. The average molecular weight is 553 g/mol. The van der Waals surface area contributed by atoms with E-state index in [1.807, 2.05) is 52.0 Å². The Hall–Kier alpha value is -1.76. The number of fused-ring (bicyclic) bond motifs is 2. The van der Waals surface area contributed by atoms with Crippen molar-refractivity contribution in [1.82, 2.24) is 0 Å². The quantitative estimate of drug-likeness (QED) is 0.359. The monoisotopic (exact) mass is 552 g/mol. The molecule has 0 radical (unpaired) electrons. The van der Waals surface area contributed by atoms with Gasteiger partial charge in [0.15, 0.2) is 11.6 Å². The van der Waals surface area contributed by atoms with Crippen LogP contribution < -0.4 is 5.46 Å². The van der Waals surface area contributed by atoms with Crippen LogP contribution in [0.5, 0.6) is 0 Å². The predicted molar refractivity (Wildman–Crippen MR) is 149 cm³/mol. The lowest BCUT2D eigenvalue weighted by Gasteiger charge is -2.32. The molecule has 3 aliphatic rings. The molecule has 0 spiro atoms. The summed E-state index contributed by atoms with van der Waals surface area (Å²) >= 11 is 3.40. The van der Waals surface area contributed by atoms with Crippen LogP contribution in [0, 0.1) is 0 Å². The van der Waals surface area contributed by atoms with Crippen molar-refractivity contribution >= 4 is 40.1 Å². The largest absolute Gasteiger partial charge is 0.494 e. The van der Waals surface area contributed by atoms with E-state index >= 15 is 0 Å². The molecule has 0 unspecified atom stereocenters. The standard InChI is InChI=1S/C18H25BO3.C12H13BrO/c1-16(2)10-9-15(20)13-11-12(7-8-14(13)16)19-21-17(3,4)18(5,6)22-19;1-12(2)6-5-11(14)9-7-8(13)3-4-10(9)12/h7-8,11H,9-10H2,1-6H3;3-4,7H,5-6H2,1-2H3. The average Bonchev–Trinajstić information content (AvgIpc) is 3.01. The Balaban J connectivity index is 0.000000187. The van der Waals surface area contributed by atoms with Gasteiger partial charge in [-0.25, -0.2) is 0 Å². The van der Waals surface area contributed by atoms with Crippen LogP contribution >= 0.6 is 15.9 Å². The zero-order valence-corrected chi connectivity index (χ0v) is 24.5. The minimum Gasteiger partial charge on any atom is -0.399 e. The molecule has 2 aliphatic carbocycles. The van der Waals surface area contributed by atoms with Crippen LogP contribution in [0.15, 0.2) is 40.9 Å². The number of hydrogen-bond acceptors (Lipinski definition) is 4. The maximum atomic E-state index is 12.3. The lowest BCUT2D eigenvalue weighted by atomic mass is 9.69. The third-order valence-corrected chi connectivity index (χ3v) is 9.06. The van der Waals surface area contributed by atoms with Gasteiger partial charge in [-0.15, -0.1) is 0 Å². The molecule has 2 aromatic carbocycles. The fourth-order valence-electron chi connectivity index (χ4n) is 5.24. The molecule has 1 heterocycles. The van der Waals surface area contributed by atoms with E-state index < -0.39 is 7.12 Å². The van der Waals surface area contributed by atoms with E-state index in [0.29, 0.717) is 12.8 Å². The maximum Gasteiger partial charge on any atom is 0.494 e. The normalized spacial score (nSPS) is 22.9. The molecule has 6 heteroatoms. The van der Waals surface area contributed by atoms with Crippen LogP contribution in [0.2, 0.25) is 0 Å². The molecule has 2 aromatic rings. The molecule has 0 atom stereocenters. The summed E-state index contributed by atoms with van der Waals surface area (Å²) in [6.45, 7) is 17.0. The number of hydrogen-bond donors (Lipinski definition) is 0. The first kappa shape index (κ1) is 27.3. The Morgan fingerprint density at radius 2 is 1.14 bits per heavy atom. The Bertz CT molecular complexity index is 1200. The second-order valence-corrected chi connectivity index (χ2v) is 13.6. The minimum absolute atomic E-state index is 0.0533. The van der Waals surface area contributed by atoms with Gasteiger partial charge in [0.1, 0.15) is 0 Å². The summed E-state index contributed by atoms with van der Waals surface area (Å²) in [4.78, 5) is 24.0. The number of rotatable bonds is 1. The van der Waals surface area contributed by atoms with Crippen LogP contribution in [0.1, 0.15) is 113 Å². The number of ketones is 2. The van der Waals surface area contributed by atoms with Crippen LogP contribution in [0.25, 0.3) is 0 Å². The summed E-state index contributed by atoms with van der Waals surface area (Å²) in [7, 11) is -0.409. The van der Waals surface area contributed by atoms with E-state index in [1.165, 1.54) is 5.56 Å². The molecular formula is C30H38BBrO4. The molecular weight excluding hydrogens is 515 g/mol. The van der Waals surface area contributed by atoms with Gasteiger partial charge in [0, 0.05) is 28.4 Å². The smallest absolute Gasteiger partial charge is 0.399 e. The molecule has 1 fully saturated rings. The molecule has 0 saturated carbocycles. The summed E-state index contributed by atoms with van der Waals surface area (Å²) in [5, 5.41) is 0. The van der Waals surface area contributed by atoms with Crippen molar-refractivity contribution in [2.24, 2.45) is 0 Å². The summed E-state index contributed by atoms with van der Waals surface area (Å²) in [6, 6.07) is 12.1. The number of Topliss-reactive ketones (excluding diaryl/α,β-unsaturated/α-hetero) is 2. The Kier molecular flexibility index (Phi) is 6.98. The first-order valence-corrected chi connectivity index (χ1v) is 13.7. The second-order valence-electron chi connectivity index (χ2n) is 12.7. The van der Waals surface area contributed by atoms with Crippen molar-refractivity contribution in [3.05, 3.63) is 63.1 Å². The highest BCUT2D eigenvalue weighted by Gasteiger charge is 2.52. The van der Waals surface area contributed by atoms with Gasteiger partial charge in [0.05, 0.1) is 11.2 Å². The molecule has 0 aromatic heterocycles. The van der Waals surface area contributed by atoms with Crippen LogP contribution in [-0.4, -0.2) is 29.9 Å². The third-order valence-electron chi connectivity index (χ3n) is 8.56. The molecule has 0 amide bonds. The zero-order chi connectivity index (χ0) is 26.7. The number of carbonyl (C=O) groups is 2. The van der Waals surface area contributed by atoms with E-state index in [0.717, 1.165) is 39.5 Å². The van der Waals surface area contributed by atoms with Crippen molar-refractivity contribution in [1.29, 1.82) is 0 Å². The molecule has 5 rings (SSSR count). The highest BCUT2D eigenvalue weighted by Crippen LogP contribution is 2.39. The van der Waals surface area contributed by atoms with E-state index in [4.69, 9.17) is 9.31 Å². The summed E-state index contributed by atoms with van der Waals surface area (Å²) < 4.78 is 13.2. The fourth-order valence-corrected chi connectivity index (χ4v) is 5.60. The van der Waals surface area contributed by atoms with E-state index in [9.17, 15) is 9.59 Å². The molecule has 192 valence electrons. The predicted octanol–water partition coefficient (Wildman–Crippen LogP) is 6.94. The number of halogens is 1. The molecule has 1 aliphatic heterocycles. The van der Waals surface area contributed by atoms with Crippen molar-refractivity contribution in [3.63, 3.8) is 0 Å². The van der Waals surface area contributed by atoms with Crippen LogP contribution in [0.3, 0.4) is 0 Å². The fraction of sp³-hybridized carbons (Fsp3) is 0.533. The molecule has 4 nitrogen and oxygen atoms in total. The Morgan fingerprint density at radius 3 is 1.64 bits per heavy atom. The summed E-state index contributed by atoms with van der Waals surface area (Å²) in [5.41, 5.74) is 4.47. The van der Waals surface area contributed by atoms with Gasteiger partial charge in [0.2, 0.25) is 0 Å². The van der Waals surface area contributed by atoms with Crippen molar-refractivity contribution < 1.29 is 18.9 Å². The SMILES string of the molecule is CC1(C)CCC(=O)c2cc(B3OC(C)(C)C(C)(C)O3)ccc21.CC1(C)CCC(=O)c2cc(Br)ccc21. The highest BCUT2D eigenvalue weighted by atomic mass is 79.9. The maximum absolute atomic E-state index is 12.3. The van der Waals surface area contributed by atoms with Gasteiger partial charge in [-0.1, -0.05) is 67.9 Å². The first-order chi connectivity index (χ1) is 16.5. The van der Waals surface area contributed by atoms with Gasteiger partial charge in [-0.05, 0) is 80.1 Å². The number of carbonyl (C=O) groups excluding carboxylic acids is 2. The van der Waals surface area contributed by atoms with Gasteiger partial charge < -0.3 is 9.31 Å². The Labute approximate surface area is 224 Å². The topological polar surface area (TPSA) is 52.6 Å². The van der Waals surface area contributed by atoms with Gasteiger partial charge in [0.25, 0.3) is 0 Å². The first-order valence-electron chi connectivity index (χ1n) is 12.9.